The molecular weight excluding hydrogens is 512 g/mol. The van der Waals surface area contributed by atoms with Crippen LogP contribution < -0.4 is 0 Å². The third-order valence-electron chi connectivity index (χ3n) is 8.39. The van der Waals surface area contributed by atoms with Crippen LogP contribution in [-0.4, -0.2) is 13.0 Å². The maximum Gasteiger partial charge on any atom is 0.295 e. The lowest BCUT2D eigenvalue weighted by molar-refractivity contribution is 0.482. The second-order valence-corrected chi connectivity index (χ2v) is 14.4. The van der Waals surface area contributed by atoms with Crippen molar-refractivity contribution in [2.75, 3.05) is 0 Å². The molecule has 2 aromatic rings. The van der Waals surface area contributed by atoms with Crippen LogP contribution in [-0.2, 0) is 23.0 Å². The Morgan fingerprint density at radius 3 is 1.50 bits per heavy atom. The first-order chi connectivity index (χ1) is 19.2. The molecule has 0 radical (unpaired) electrons. The molecule has 0 saturated carbocycles. The number of benzene rings is 2. The summed E-state index contributed by atoms with van der Waals surface area (Å²) in [5, 5.41) is 1.57. The van der Waals surface area contributed by atoms with Gasteiger partial charge in [0.2, 0.25) is 0 Å². The van der Waals surface area contributed by atoms with Crippen LogP contribution in [0.4, 0.5) is 0 Å². The fourth-order valence-corrected chi connectivity index (χ4v) is 7.06. The topological polar surface area (TPSA) is 54.4 Å². The Labute approximate surface area is 247 Å². The van der Waals surface area contributed by atoms with Crippen LogP contribution in [0.1, 0.15) is 154 Å². The van der Waals surface area contributed by atoms with Crippen LogP contribution in [0.5, 0.6) is 0 Å². The van der Waals surface area contributed by atoms with Gasteiger partial charge < -0.3 is 0 Å². The Hall–Kier alpha value is -1.39. The van der Waals surface area contributed by atoms with E-state index >= 15 is 0 Å². The molecular formula is C36H60O3S. The van der Waals surface area contributed by atoms with Crippen LogP contribution >= 0.6 is 0 Å². The van der Waals surface area contributed by atoms with E-state index in [2.05, 4.69) is 33.8 Å². The lowest BCUT2D eigenvalue weighted by Gasteiger charge is -2.17. The molecule has 1 N–H and O–H groups in total. The van der Waals surface area contributed by atoms with Crippen molar-refractivity contribution >= 4 is 20.9 Å². The molecule has 0 aliphatic heterocycles. The van der Waals surface area contributed by atoms with Crippen molar-refractivity contribution in [2.45, 2.75) is 161 Å². The minimum Gasteiger partial charge on any atom is -0.282 e. The van der Waals surface area contributed by atoms with E-state index in [1.807, 2.05) is 24.3 Å². The van der Waals surface area contributed by atoms with Crippen molar-refractivity contribution in [1.82, 2.24) is 0 Å². The first-order valence-electron chi connectivity index (χ1n) is 16.7. The first kappa shape index (κ1) is 34.8. The van der Waals surface area contributed by atoms with Crippen molar-refractivity contribution in [1.29, 1.82) is 0 Å². The molecule has 0 spiro atoms. The standard InChI is InChI=1S/C36H60O3S/c1-30(2)23-17-13-9-5-7-11-15-19-25-32-29-33-26-21-22-28-35(33)36(40(37,38)39)34(32)27-20-16-12-8-6-10-14-18-24-31(3)4/h21-22,26,28-31H,5-20,23-25,27H2,1-4H3,(H,37,38,39). The second kappa shape index (κ2) is 19.7. The molecule has 0 aliphatic rings. The minimum atomic E-state index is -4.30. The molecule has 0 saturated heterocycles. The molecule has 0 fully saturated rings. The molecule has 0 heterocycles. The van der Waals surface area contributed by atoms with Crippen molar-refractivity contribution in [3.05, 3.63) is 41.5 Å². The van der Waals surface area contributed by atoms with Gasteiger partial charge in [-0.3, -0.25) is 4.55 Å². The first-order valence-corrected chi connectivity index (χ1v) is 18.1. The predicted molar refractivity (Wildman–Crippen MR) is 174 cm³/mol. The largest absolute Gasteiger partial charge is 0.295 e. The van der Waals surface area contributed by atoms with Crippen LogP contribution in [0.3, 0.4) is 0 Å². The van der Waals surface area contributed by atoms with Gasteiger partial charge in [-0.25, -0.2) is 0 Å². The average molecular weight is 573 g/mol. The van der Waals surface area contributed by atoms with Gasteiger partial charge in [-0.1, -0.05) is 161 Å². The Morgan fingerprint density at radius 1 is 0.600 bits per heavy atom. The summed E-state index contributed by atoms with van der Waals surface area (Å²) in [5.74, 6) is 1.62. The highest BCUT2D eigenvalue weighted by atomic mass is 32.2. The highest BCUT2D eigenvalue weighted by Crippen LogP contribution is 2.32. The molecule has 0 aliphatic carbocycles. The molecule has 40 heavy (non-hydrogen) atoms. The summed E-state index contributed by atoms with van der Waals surface area (Å²) in [7, 11) is -4.30. The number of aryl methyl sites for hydroxylation is 1. The van der Waals surface area contributed by atoms with E-state index in [0.29, 0.717) is 5.39 Å². The van der Waals surface area contributed by atoms with E-state index in [1.165, 1.54) is 96.3 Å². The number of hydrogen-bond donors (Lipinski definition) is 1. The molecule has 0 amide bonds. The van der Waals surface area contributed by atoms with Gasteiger partial charge in [0, 0.05) is 5.39 Å². The summed E-state index contributed by atoms with van der Waals surface area (Å²) in [6.07, 6.45) is 24.3. The van der Waals surface area contributed by atoms with Gasteiger partial charge in [-0.05, 0) is 54.0 Å². The maximum atomic E-state index is 12.6. The van der Waals surface area contributed by atoms with Gasteiger partial charge in [0.15, 0.2) is 0 Å². The zero-order valence-corrected chi connectivity index (χ0v) is 27.2. The SMILES string of the molecule is CC(C)CCCCCCCCCCc1cc2ccccc2c(S(=O)(=O)O)c1CCCCCCCCCCC(C)C. The van der Waals surface area contributed by atoms with E-state index in [4.69, 9.17) is 0 Å². The predicted octanol–water partition coefficient (Wildman–Crippen LogP) is 11.5. The van der Waals surface area contributed by atoms with E-state index in [9.17, 15) is 13.0 Å². The van der Waals surface area contributed by atoms with Crippen molar-refractivity contribution in [3.63, 3.8) is 0 Å². The molecule has 2 rings (SSSR count). The molecule has 0 atom stereocenters. The van der Waals surface area contributed by atoms with E-state index in [1.54, 1.807) is 0 Å². The summed E-state index contributed by atoms with van der Waals surface area (Å²) in [4.78, 5) is 0.159. The van der Waals surface area contributed by atoms with Crippen LogP contribution in [0.15, 0.2) is 35.2 Å². The third-order valence-corrected chi connectivity index (χ3v) is 9.37. The van der Waals surface area contributed by atoms with Gasteiger partial charge in [-0.2, -0.15) is 8.42 Å². The Bertz CT molecular complexity index is 1060. The summed E-state index contributed by atoms with van der Waals surface area (Å²) in [6, 6.07) is 9.81. The Balaban J connectivity index is 1.90. The van der Waals surface area contributed by atoms with Gasteiger partial charge in [0.1, 0.15) is 4.90 Å². The monoisotopic (exact) mass is 572 g/mol. The molecule has 3 nitrogen and oxygen atoms in total. The summed E-state index contributed by atoms with van der Waals surface area (Å²) >= 11 is 0. The number of fused-ring (bicyclic) bond motifs is 1. The smallest absolute Gasteiger partial charge is 0.282 e. The quantitative estimate of drug-likeness (QED) is 0.106. The number of hydrogen-bond acceptors (Lipinski definition) is 2. The molecule has 2 aromatic carbocycles. The lowest BCUT2D eigenvalue weighted by Crippen LogP contribution is -2.08. The molecule has 4 heteroatoms. The van der Waals surface area contributed by atoms with E-state index in [-0.39, 0.29) is 4.90 Å². The van der Waals surface area contributed by atoms with Crippen LogP contribution in [0, 0.1) is 11.8 Å². The van der Waals surface area contributed by atoms with Gasteiger partial charge >= 0.3 is 0 Å². The average Bonchev–Trinajstić information content (AvgIpc) is 2.89. The fourth-order valence-electron chi connectivity index (χ4n) is 6.05. The third kappa shape index (κ3) is 14.0. The highest BCUT2D eigenvalue weighted by molar-refractivity contribution is 7.86. The lowest BCUT2D eigenvalue weighted by atomic mass is 9.93. The van der Waals surface area contributed by atoms with Gasteiger partial charge in [-0.15, -0.1) is 0 Å². The molecule has 228 valence electrons. The molecule has 0 unspecified atom stereocenters. The zero-order chi connectivity index (χ0) is 29.2. The second-order valence-electron chi connectivity index (χ2n) is 13.1. The summed E-state index contributed by atoms with van der Waals surface area (Å²) in [6.45, 7) is 9.20. The Morgan fingerprint density at radius 2 is 1.02 bits per heavy atom. The normalized spacial score (nSPS) is 12.3. The summed E-state index contributed by atoms with van der Waals surface area (Å²) < 4.78 is 35.6. The van der Waals surface area contributed by atoms with Crippen molar-refractivity contribution < 1.29 is 13.0 Å². The number of rotatable bonds is 23. The maximum absolute atomic E-state index is 12.6. The molecule has 0 bridgehead atoms. The van der Waals surface area contributed by atoms with Gasteiger partial charge in [0.25, 0.3) is 10.1 Å². The van der Waals surface area contributed by atoms with Crippen LogP contribution in [0.25, 0.3) is 10.8 Å². The highest BCUT2D eigenvalue weighted by Gasteiger charge is 2.22. The van der Waals surface area contributed by atoms with Crippen LogP contribution in [0.2, 0.25) is 0 Å². The summed E-state index contributed by atoms with van der Waals surface area (Å²) in [5.41, 5.74) is 1.98. The van der Waals surface area contributed by atoms with E-state index < -0.39 is 10.1 Å². The Kier molecular flexibility index (Phi) is 17.1. The van der Waals surface area contributed by atoms with E-state index in [0.717, 1.165) is 60.5 Å². The number of unbranched alkanes of at least 4 members (excludes halogenated alkanes) is 14. The van der Waals surface area contributed by atoms with Gasteiger partial charge in [0.05, 0.1) is 0 Å². The zero-order valence-electron chi connectivity index (χ0n) is 26.4. The van der Waals surface area contributed by atoms with Crippen molar-refractivity contribution in [3.8, 4) is 0 Å². The fraction of sp³-hybridized carbons (Fsp3) is 0.722. The molecule has 0 aromatic heterocycles. The minimum absolute atomic E-state index is 0.159. The van der Waals surface area contributed by atoms with Crippen molar-refractivity contribution in [2.24, 2.45) is 11.8 Å².